The molecule has 12 rings (SSSR count). The van der Waals surface area contributed by atoms with Crippen LogP contribution in [0, 0.1) is 27.7 Å². The summed E-state index contributed by atoms with van der Waals surface area (Å²) in [6.07, 6.45) is 1.10. The number of methoxy groups -OCH3 is 3. The molecule has 0 saturated carbocycles. The van der Waals surface area contributed by atoms with Crippen LogP contribution in [0.5, 0.6) is 17.2 Å². The van der Waals surface area contributed by atoms with Crippen LogP contribution in [0.4, 0.5) is 0 Å². The Hall–Kier alpha value is -9.96. The van der Waals surface area contributed by atoms with Crippen LogP contribution < -0.4 is 14.2 Å². The molecule has 3 heteroatoms. The van der Waals surface area contributed by atoms with Gasteiger partial charge < -0.3 is 14.2 Å². The molecule has 117 heavy (non-hydrogen) atoms. The van der Waals surface area contributed by atoms with Crippen molar-refractivity contribution in [1.29, 1.82) is 0 Å². The first kappa shape index (κ1) is 94.2. The predicted molar refractivity (Wildman–Crippen MR) is 514 cm³/mol. The summed E-state index contributed by atoms with van der Waals surface area (Å²) in [5, 5.41) is 0. The molecule has 0 aromatic heterocycles. The van der Waals surface area contributed by atoms with E-state index < -0.39 is 0 Å². The Kier molecular flexibility index (Phi) is 33.0. The van der Waals surface area contributed by atoms with Gasteiger partial charge in [0.1, 0.15) is 17.2 Å². The minimum atomic E-state index is 0.0849. The number of ether oxygens (including phenoxy) is 3. The van der Waals surface area contributed by atoms with Crippen molar-refractivity contribution >= 4 is 0 Å². The molecule has 0 heterocycles. The molecule has 0 saturated heterocycles. The van der Waals surface area contributed by atoms with Crippen molar-refractivity contribution in [3.8, 4) is 84.0 Å². The lowest BCUT2D eigenvalue weighted by molar-refractivity contribution is 0.395. The van der Waals surface area contributed by atoms with E-state index >= 15 is 0 Å². The highest BCUT2D eigenvalue weighted by atomic mass is 16.5. The summed E-state index contributed by atoms with van der Waals surface area (Å²) in [6, 6.07) is 93.9. The lowest BCUT2D eigenvalue weighted by Crippen LogP contribution is -2.13. The van der Waals surface area contributed by atoms with Gasteiger partial charge in [-0.25, -0.2) is 0 Å². The van der Waals surface area contributed by atoms with E-state index in [-0.39, 0.29) is 32.5 Å². The van der Waals surface area contributed by atoms with Crippen molar-refractivity contribution in [3.05, 3.63) is 339 Å². The molecule has 12 aromatic rings. The van der Waals surface area contributed by atoms with E-state index in [2.05, 4.69) is 443 Å². The molecule has 3 nitrogen and oxygen atoms in total. The van der Waals surface area contributed by atoms with Crippen molar-refractivity contribution < 1.29 is 14.2 Å². The normalized spacial score (nSPS) is 11.7. The predicted octanol–water partition coefficient (Wildman–Crippen LogP) is 33.1. The van der Waals surface area contributed by atoms with Crippen molar-refractivity contribution in [2.75, 3.05) is 21.3 Å². The SMILES string of the molecule is CCc1ccc(-c2ccccc2C(C)(C)C)cc1.COc1ccc(-c2ccccc2C(C)(C)C)c(OC)c1.COc1ccc(C)cc1-c1ccccc1C(C)(C)C.Cc1c(-c2ccccc2C(C)(C)C)cccc1C(C)C.Cc1cc(-c2ccccc2C(C)(C)C)cc(C(C)C)c1.Cc1cc(-c2ccccc2C(C)(C)C)ccc1C(C)C. The van der Waals surface area contributed by atoms with Gasteiger partial charge in [0.2, 0.25) is 0 Å². The van der Waals surface area contributed by atoms with Gasteiger partial charge >= 0.3 is 0 Å². The van der Waals surface area contributed by atoms with E-state index in [1.807, 2.05) is 18.2 Å². The third kappa shape index (κ3) is 25.8. The first-order valence-electron chi connectivity index (χ1n) is 42.7. The molecule has 0 unspecified atom stereocenters. The molecule has 0 amide bonds. The van der Waals surface area contributed by atoms with Gasteiger partial charge in [0.25, 0.3) is 0 Å². The Morgan fingerprint density at radius 2 is 0.632 bits per heavy atom. The highest BCUT2D eigenvalue weighted by Crippen LogP contribution is 2.44. The smallest absolute Gasteiger partial charge is 0.130 e. The Morgan fingerprint density at radius 1 is 0.256 bits per heavy atom. The maximum absolute atomic E-state index is 5.53. The molecule has 0 aliphatic carbocycles. The van der Waals surface area contributed by atoms with Crippen molar-refractivity contribution in [3.63, 3.8) is 0 Å². The summed E-state index contributed by atoms with van der Waals surface area (Å²) < 4.78 is 16.3. The molecule has 618 valence electrons. The van der Waals surface area contributed by atoms with Gasteiger partial charge in [-0.2, -0.15) is 0 Å². The van der Waals surface area contributed by atoms with E-state index in [1.54, 1.807) is 21.3 Å². The number of hydrogen-bond donors (Lipinski definition) is 0. The van der Waals surface area contributed by atoms with Crippen LogP contribution in [0.1, 0.15) is 269 Å². The Labute approximate surface area is 711 Å². The fourth-order valence-electron chi connectivity index (χ4n) is 15.6. The van der Waals surface area contributed by atoms with Crippen LogP contribution in [0.25, 0.3) is 66.8 Å². The van der Waals surface area contributed by atoms with Gasteiger partial charge in [-0.15, -0.1) is 0 Å². The maximum atomic E-state index is 5.53. The minimum absolute atomic E-state index is 0.0849. The zero-order valence-corrected chi connectivity index (χ0v) is 78.0. The van der Waals surface area contributed by atoms with E-state index in [4.69, 9.17) is 14.2 Å². The van der Waals surface area contributed by atoms with Crippen LogP contribution in [0.15, 0.2) is 261 Å². The van der Waals surface area contributed by atoms with E-state index in [0.717, 1.165) is 29.2 Å². The second-order valence-corrected chi connectivity index (χ2v) is 38.8. The summed E-state index contributed by atoms with van der Waals surface area (Å²) >= 11 is 0. The summed E-state index contributed by atoms with van der Waals surface area (Å²) in [7, 11) is 5.09. The molecular formula is C114H144O3. The number of hydrogen-bond acceptors (Lipinski definition) is 3. The summed E-state index contributed by atoms with van der Waals surface area (Å²) in [4.78, 5) is 0. The van der Waals surface area contributed by atoms with Crippen LogP contribution >= 0.6 is 0 Å². The fourth-order valence-corrected chi connectivity index (χ4v) is 15.6. The minimum Gasteiger partial charge on any atom is -0.497 e. The average Bonchev–Trinajstić information content (AvgIpc) is 0.815. The van der Waals surface area contributed by atoms with Gasteiger partial charge in [-0.1, -0.05) is 415 Å². The topological polar surface area (TPSA) is 27.7 Å². The number of benzene rings is 12. The van der Waals surface area contributed by atoms with Crippen LogP contribution in [-0.4, -0.2) is 21.3 Å². The Bertz CT molecular complexity index is 5160. The van der Waals surface area contributed by atoms with Crippen molar-refractivity contribution in [1.82, 2.24) is 0 Å². The fraction of sp³-hybridized carbons (Fsp3) is 0.368. The zero-order chi connectivity index (χ0) is 86.7. The molecule has 0 fully saturated rings. The molecule has 0 atom stereocenters. The Balaban J connectivity index is 0.000000194. The molecule has 0 spiro atoms. The maximum Gasteiger partial charge on any atom is 0.130 e. The highest BCUT2D eigenvalue weighted by molar-refractivity contribution is 5.78. The molecular weight excluding hydrogens is 1420 g/mol. The molecule has 0 N–H and O–H groups in total. The highest BCUT2D eigenvalue weighted by Gasteiger charge is 2.26. The van der Waals surface area contributed by atoms with Crippen LogP contribution in [-0.2, 0) is 38.9 Å². The summed E-state index contributed by atoms with van der Waals surface area (Å²) in [6.45, 7) is 65.3. The van der Waals surface area contributed by atoms with Crippen molar-refractivity contribution in [2.45, 2.75) is 257 Å². The third-order valence-electron chi connectivity index (χ3n) is 22.0. The Morgan fingerprint density at radius 3 is 1.03 bits per heavy atom. The van der Waals surface area contributed by atoms with E-state index in [0.29, 0.717) is 17.8 Å². The van der Waals surface area contributed by atoms with Crippen molar-refractivity contribution in [2.24, 2.45) is 0 Å². The molecule has 0 aliphatic heterocycles. The van der Waals surface area contributed by atoms with Gasteiger partial charge in [-0.3, -0.25) is 0 Å². The summed E-state index contributed by atoms with van der Waals surface area (Å²) in [5.41, 5.74) is 35.9. The second-order valence-electron chi connectivity index (χ2n) is 38.8. The average molecular weight is 1560 g/mol. The quantitative estimate of drug-likeness (QED) is 0.115. The summed E-state index contributed by atoms with van der Waals surface area (Å²) in [5.74, 6) is 4.29. The van der Waals surface area contributed by atoms with E-state index in [9.17, 15) is 0 Å². The number of aryl methyl sites for hydroxylation is 4. The lowest BCUT2D eigenvalue weighted by atomic mass is 9.80. The van der Waals surface area contributed by atoms with Crippen LogP contribution in [0.2, 0.25) is 0 Å². The monoisotopic (exact) mass is 1560 g/mol. The van der Waals surface area contributed by atoms with Gasteiger partial charge in [0, 0.05) is 17.2 Å². The molecule has 12 aromatic carbocycles. The molecule has 0 radical (unpaired) electrons. The first-order chi connectivity index (χ1) is 54.8. The van der Waals surface area contributed by atoms with Gasteiger partial charge in [-0.05, 0) is 231 Å². The third-order valence-corrected chi connectivity index (χ3v) is 22.0. The zero-order valence-electron chi connectivity index (χ0n) is 78.0. The second kappa shape index (κ2) is 40.9. The molecule has 0 aliphatic rings. The van der Waals surface area contributed by atoms with Gasteiger partial charge in [0.05, 0.1) is 21.3 Å². The van der Waals surface area contributed by atoms with Crippen LogP contribution in [0.3, 0.4) is 0 Å². The first-order valence-corrected chi connectivity index (χ1v) is 42.7. The van der Waals surface area contributed by atoms with E-state index in [1.165, 1.54) is 139 Å². The number of rotatable bonds is 13. The standard InChI is InChI=1S/3C20H26.C18H22O2.C18H22O.C18H22/c1-14(2)16-11-9-12-17(15(16)3)18-10-7-8-13-19(18)20(4,5)6;1-14(2)16-11-15(3)12-17(13-16)18-9-7-8-10-19(18)20(4,5)6;1-14(2)17-12-11-16(13-15(17)3)18-9-7-8-10-19(18)20(4,5)6;1-18(2,3)16-9-7-6-8-14(16)15-11-10-13(19-4)12-17(15)20-5;1-13-10-11-17(19-5)15(12-13)14-8-6-7-9-16(14)18(2,3)4;1-5-14-10-12-15(13-11-14)16-8-6-7-9-17(16)18(2,3)4/h3*7-14H,1-6H3;6-12H,1-5H3;6-12H,1-5H3;6-13H,5H2,1-4H3. The molecule has 0 bridgehead atoms. The van der Waals surface area contributed by atoms with Gasteiger partial charge in [0.15, 0.2) is 0 Å². The largest absolute Gasteiger partial charge is 0.497 e. The lowest BCUT2D eigenvalue weighted by Gasteiger charge is -2.24.